The van der Waals surface area contributed by atoms with Crippen molar-refractivity contribution in [2.45, 2.75) is 13.8 Å². The number of carbonyl (C=O) groups is 1. The van der Waals surface area contributed by atoms with Gasteiger partial charge in [0, 0.05) is 21.8 Å². The van der Waals surface area contributed by atoms with E-state index >= 15 is 0 Å². The van der Waals surface area contributed by atoms with Gasteiger partial charge in [-0.2, -0.15) is 0 Å². The van der Waals surface area contributed by atoms with Gasteiger partial charge in [0.05, 0.1) is 0 Å². The maximum absolute atomic E-state index is 13.7. The predicted molar refractivity (Wildman–Crippen MR) is 98.5 cm³/mol. The number of nitrogens with zero attached hydrogens (tertiary/aromatic N) is 1. The molecule has 0 spiro atoms. The first-order valence-electron chi connectivity index (χ1n) is 7.86. The van der Waals surface area contributed by atoms with E-state index < -0.39 is 23.1 Å². The Balaban J connectivity index is 1.91. The van der Waals surface area contributed by atoms with E-state index in [4.69, 9.17) is 11.6 Å². The molecule has 0 saturated heterocycles. The summed E-state index contributed by atoms with van der Waals surface area (Å²) in [5.41, 5.74) is 2.68. The zero-order valence-electron chi connectivity index (χ0n) is 14.1. The van der Waals surface area contributed by atoms with E-state index in [-0.39, 0.29) is 5.82 Å². The second-order valence-electron chi connectivity index (χ2n) is 5.86. The summed E-state index contributed by atoms with van der Waals surface area (Å²) in [6.07, 6.45) is 0. The normalized spacial score (nSPS) is 10.7. The molecule has 3 nitrogen and oxygen atoms in total. The number of carbonyl (C=O) groups excluding carboxylic acids is 1. The molecule has 0 unspecified atom stereocenters. The summed E-state index contributed by atoms with van der Waals surface area (Å²) in [5.74, 6) is -2.55. The van der Waals surface area contributed by atoms with Gasteiger partial charge in [0.2, 0.25) is 0 Å². The molecule has 1 heterocycles. The number of benzene rings is 2. The van der Waals surface area contributed by atoms with E-state index in [9.17, 15) is 13.6 Å². The van der Waals surface area contributed by atoms with Gasteiger partial charge in [-0.25, -0.2) is 13.8 Å². The Morgan fingerprint density at radius 3 is 2.35 bits per heavy atom. The van der Waals surface area contributed by atoms with E-state index in [0.717, 1.165) is 28.8 Å². The molecule has 1 aromatic heterocycles. The lowest BCUT2D eigenvalue weighted by Gasteiger charge is -2.11. The van der Waals surface area contributed by atoms with Crippen LogP contribution in [-0.2, 0) is 0 Å². The predicted octanol–water partition coefficient (Wildman–Crippen LogP) is 5.55. The number of amides is 1. The van der Waals surface area contributed by atoms with Crippen LogP contribution in [0.1, 0.15) is 21.6 Å². The summed E-state index contributed by atoms with van der Waals surface area (Å²) in [7, 11) is 0. The minimum Gasteiger partial charge on any atom is -0.306 e. The minimum absolute atomic E-state index is 0.197. The standard InChI is InChI=1S/C20H15ClF2N2O/c1-11-6-8-15(21)14(10-11)13-7-9-18(24-12(13)2)25-20(26)19-16(22)4-3-5-17(19)23/h3-10H,1-2H3,(H,24,25,26). The van der Waals surface area contributed by atoms with Crippen LogP contribution in [0.5, 0.6) is 0 Å². The monoisotopic (exact) mass is 372 g/mol. The molecule has 0 aliphatic heterocycles. The second kappa shape index (κ2) is 7.22. The lowest BCUT2D eigenvalue weighted by atomic mass is 10.0. The molecule has 0 bridgehead atoms. The number of hydrogen-bond acceptors (Lipinski definition) is 2. The summed E-state index contributed by atoms with van der Waals surface area (Å²) in [4.78, 5) is 16.5. The molecule has 6 heteroatoms. The summed E-state index contributed by atoms with van der Waals surface area (Å²) < 4.78 is 27.4. The van der Waals surface area contributed by atoms with Crippen LogP contribution >= 0.6 is 11.6 Å². The SMILES string of the molecule is Cc1ccc(Cl)c(-c2ccc(NC(=O)c3c(F)cccc3F)nc2C)c1. The van der Waals surface area contributed by atoms with E-state index in [1.54, 1.807) is 19.1 Å². The fourth-order valence-electron chi connectivity index (χ4n) is 2.65. The highest BCUT2D eigenvalue weighted by molar-refractivity contribution is 6.33. The van der Waals surface area contributed by atoms with E-state index in [1.165, 1.54) is 6.07 Å². The van der Waals surface area contributed by atoms with Crippen LogP contribution in [0.15, 0.2) is 48.5 Å². The molecule has 1 N–H and O–H groups in total. The molecule has 0 atom stereocenters. The van der Waals surface area contributed by atoms with Gasteiger partial charge in [-0.05, 0) is 50.2 Å². The zero-order chi connectivity index (χ0) is 18.8. The van der Waals surface area contributed by atoms with Crippen molar-refractivity contribution in [3.63, 3.8) is 0 Å². The van der Waals surface area contributed by atoms with Crippen LogP contribution in [0.4, 0.5) is 14.6 Å². The highest BCUT2D eigenvalue weighted by Crippen LogP contribution is 2.31. The fourth-order valence-corrected chi connectivity index (χ4v) is 2.87. The van der Waals surface area contributed by atoms with Gasteiger partial charge >= 0.3 is 0 Å². The molecule has 0 aliphatic rings. The first-order valence-corrected chi connectivity index (χ1v) is 8.24. The quantitative estimate of drug-likeness (QED) is 0.655. The van der Waals surface area contributed by atoms with E-state index in [0.29, 0.717) is 10.7 Å². The molecule has 0 aliphatic carbocycles. The Bertz CT molecular complexity index is 985. The van der Waals surface area contributed by atoms with Crippen molar-refractivity contribution >= 4 is 23.3 Å². The molecule has 1 amide bonds. The van der Waals surface area contributed by atoms with Gasteiger partial charge in [0.1, 0.15) is 23.0 Å². The summed E-state index contributed by atoms with van der Waals surface area (Å²) >= 11 is 6.26. The van der Waals surface area contributed by atoms with Gasteiger partial charge in [-0.3, -0.25) is 4.79 Å². The van der Waals surface area contributed by atoms with E-state index in [2.05, 4.69) is 10.3 Å². The van der Waals surface area contributed by atoms with Crippen molar-refractivity contribution in [1.82, 2.24) is 4.98 Å². The number of nitrogens with one attached hydrogen (secondary N) is 1. The van der Waals surface area contributed by atoms with Crippen LogP contribution in [-0.4, -0.2) is 10.9 Å². The Kier molecular flexibility index (Phi) is 5.00. The minimum atomic E-state index is -0.928. The molecule has 3 aromatic rings. The van der Waals surface area contributed by atoms with Gasteiger partial charge in [0.15, 0.2) is 0 Å². The summed E-state index contributed by atoms with van der Waals surface area (Å²) in [6.45, 7) is 3.73. The average molecular weight is 373 g/mol. The van der Waals surface area contributed by atoms with Crippen molar-refractivity contribution in [3.8, 4) is 11.1 Å². The number of aryl methyl sites for hydroxylation is 2. The lowest BCUT2D eigenvalue weighted by Crippen LogP contribution is -2.16. The van der Waals surface area contributed by atoms with Crippen molar-refractivity contribution < 1.29 is 13.6 Å². The number of hydrogen-bond donors (Lipinski definition) is 1. The molecular weight excluding hydrogens is 358 g/mol. The first kappa shape index (κ1) is 18.0. The Hall–Kier alpha value is -2.79. The molecule has 132 valence electrons. The lowest BCUT2D eigenvalue weighted by molar-refractivity contribution is 0.101. The van der Waals surface area contributed by atoms with Crippen LogP contribution in [0, 0.1) is 25.5 Å². The molecule has 0 saturated carbocycles. The highest BCUT2D eigenvalue weighted by atomic mass is 35.5. The Morgan fingerprint density at radius 2 is 1.69 bits per heavy atom. The topological polar surface area (TPSA) is 42.0 Å². The number of anilines is 1. The summed E-state index contributed by atoms with van der Waals surface area (Å²) in [5, 5.41) is 3.01. The zero-order valence-corrected chi connectivity index (χ0v) is 14.9. The first-order chi connectivity index (χ1) is 12.4. The van der Waals surface area contributed by atoms with Gasteiger partial charge in [-0.1, -0.05) is 29.3 Å². The van der Waals surface area contributed by atoms with Gasteiger partial charge in [0.25, 0.3) is 5.91 Å². The Morgan fingerprint density at radius 1 is 1.00 bits per heavy atom. The Labute approximate surface area is 154 Å². The van der Waals surface area contributed by atoms with Crippen LogP contribution in [0.3, 0.4) is 0 Å². The molecule has 26 heavy (non-hydrogen) atoms. The number of aromatic nitrogens is 1. The maximum Gasteiger partial charge on any atom is 0.262 e. The van der Waals surface area contributed by atoms with Crippen molar-refractivity contribution in [1.29, 1.82) is 0 Å². The van der Waals surface area contributed by atoms with Gasteiger partial charge < -0.3 is 5.32 Å². The largest absolute Gasteiger partial charge is 0.306 e. The molecule has 2 aromatic carbocycles. The van der Waals surface area contributed by atoms with Crippen LogP contribution in [0.25, 0.3) is 11.1 Å². The molecule has 0 fully saturated rings. The number of pyridine rings is 1. The van der Waals surface area contributed by atoms with Crippen molar-refractivity contribution in [3.05, 3.63) is 82.0 Å². The maximum atomic E-state index is 13.7. The highest BCUT2D eigenvalue weighted by Gasteiger charge is 2.18. The fraction of sp³-hybridized carbons (Fsp3) is 0.100. The smallest absolute Gasteiger partial charge is 0.262 e. The number of halogens is 3. The van der Waals surface area contributed by atoms with Crippen molar-refractivity contribution in [2.75, 3.05) is 5.32 Å². The third-order valence-electron chi connectivity index (χ3n) is 3.93. The molecular formula is C20H15ClF2N2O. The van der Waals surface area contributed by atoms with Crippen LogP contribution in [0.2, 0.25) is 5.02 Å². The molecule has 0 radical (unpaired) electrons. The van der Waals surface area contributed by atoms with Crippen LogP contribution < -0.4 is 5.32 Å². The molecule has 3 rings (SSSR count). The van der Waals surface area contributed by atoms with E-state index in [1.807, 2.05) is 25.1 Å². The third-order valence-corrected chi connectivity index (χ3v) is 4.26. The van der Waals surface area contributed by atoms with Crippen molar-refractivity contribution in [2.24, 2.45) is 0 Å². The third kappa shape index (κ3) is 3.58. The number of rotatable bonds is 3. The second-order valence-corrected chi connectivity index (χ2v) is 6.27. The summed E-state index contributed by atoms with van der Waals surface area (Å²) in [6, 6.07) is 12.2. The average Bonchev–Trinajstić information content (AvgIpc) is 2.57. The van der Waals surface area contributed by atoms with Gasteiger partial charge in [-0.15, -0.1) is 0 Å².